The topological polar surface area (TPSA) is 9.23 Å². The van der Waals surface area contributed by atoms with E-state index in [4.69, 9.17) is 4.74 Å². The Kier molecular flexibility index (Phi) is 2.34. The van der Waals surface area contributed by atoms with Gasteiger partial charge in [-0.2, -0.15) is 0 Å². The van der Waals surface area contributed by atoms with E-state index in [2.05, 4.69) is 59.7 Å². The van der Waals surface area contributed by atoms with Gasteiger partial charge < -0.3 is 4.74 Å². The largest absolute Gasteiger partial charge is 0.486 e. The van der Waals surface area contributed by atoms with Gasteiger partial charge in [0, 0.05) is 16.9 Å². The van der Waals surface area contributed by atoms with Gasteiger partial charge in [-0.05, 0) is 19.9 Å². The molecule has 0 bridgehead atoms. The van der Waals surface area contributed by atoms with Crippen LogP contribution in [-0.2, 0) is 0 Å². The van der Waals surface area contributed by atoms with Crippen LogP contribution in [0.25, 0.3) is 0 Å². The lowest BCUT2D eigenvalue weighted by Crippen LogP contribution is -2.46. The maximum absolute atomic E-state index is 6.23. The first kappa shape index (κ1) is 11.5. The molecule has 2 unspecified atom stereocenters. The normalized spacial score (nSPS) is 28.8. The minimum absolute atomic E-state index is 0.108. The van der Waals surface area contributed by atoms with E-state index in [1.807, 2.05) is 0 Å². The van der Waals surface area contributed by atoms with Crippen molar-refractivity contribution < 1.29 is 4.74 Å². The summed E-state index contributed by atoms with van der Waals surface area (Å²) < 4.78 is 6.23. The lowest BCUT2D eigenvalue weighted by Gasteiger charge is -2.41. The highest BCUT2D eigenvalue weighted by Crippen LogP contribution is 2.52. The molecule has 0 aliphatic carbocycles. The molecule has 88 valence electrons. The van der Waals surface area contributed by atoms with Gasteiger partial charge in [-0.1, -0.05) is 45.4 Å². The third-order valence-electron chi connectivity index (χ3n) is 4.27. The fourth-order valence-corrected chi connectivity index (χ4v) is 2.52. The molecule has 0 aromatic heterocycles. The van der Waals surface area contributed by atoms with Crippen LogP contribution in [0, 0.1) is 12.3 Å². The first-order valence-corrected chi connectivity index (χ1v) is 6.05. The molecule has 0 amide bonds. The first-order valence-electron chi connectivity index (χ1n) is 6.05. The molecule has 1 heterocycles. The zero-order valence-corrected chi connectivity index (χ0v) is 11.2. The smallest absolute Gasteiger partial charge is 0.123 e. The number of fused-ring (bicyclic) bond motifs is 1. The Hall–Kier alpha value is -0.980. The molecule has 0 saturated carbocycles. The molecule has 1 aromatic rings. The lowest BCUT2D eigenvalue weighted by molar-refractivity contribution is -0.0142. The third kappa shape index (κ3) is 1.45. The van der Waals surface area contributed by atoms with Gasteiger partial charge in [0.25, 0.3) is 0 Å². The number of aryl methyl sites for hydroxylation is 1. The SMILES string of the molecule is Cc1ccc2c(c1)C(C)C(C)(C(C)(C)C)O2. The molecule has 1 aromatic carbocycles. The van der Waals surface area contributed by atoms with E-state index >= 15 is 0 Å². The maximum atomic E-state index is 6.23. The summed E-state index contributed by atoms with van der Waals surface area (Å²) >= 11 is 0. The zero-order valence-electron chi connectivity index (χ0n) is 11.2. The third-order valence-corrected chi connectivity index (χ3v) is 4.27. The van der Waals surface area contributed by atoms with Crippen molar-refractivity contribution in [2.24, 2.45) is 5.41 Å². The molecule has 2 rings (SSSR count). The van der Waals surface area contributed by atoms with Gasteiger partial charge in [-0.3, -0.25) is 0 Å². The van der Waals surface area contributed by atoms with Crippen molar-refractivity contribution in [1.29, 1.82) is 0 Å². The highest BCUT2D eigenvalue weighted by atomic mass is 16.5. The van der Waals surface area contributed by atoms with Gasteiger partial charge >= 0.3 is 0 Å². The molecular weight excluding hydrogens is 196 g/mol. The van der Waals surface area contributed by atoms with Gasteiger partial charge in [-0.25, -0.2) is 0 Å². The van der Waals surface area contributed by atoms with E-state index in [1.54, 1.807) is 0 Å². The van der Waals surface area contributed by atoms with Crippen molar-refractivity contribution in [3.8, 4) is 5.75 Å². The van der Waals surface area contributed by atoms with Gasteiger partial charge in [0.2, 0.25) is 0 Å². The molecule has 2 atom stereocenters. The number of benzene rings is 1. The van der Waals surface area contributed by atoms with Crippen LogP contribution in [0.15, 0.2) is 18.2 Å². The Bertz CT molecular complexity index is 414. The molecule has 1 heteroatoms. The zero-order chi connectivity index (χ0) is 12.1. The van der Waals surface area contributed by atoms with Crippen molar-refractivity contribution in [2.45, 2.75) is 53.1 Å². The Morgan fingerprint density at radius 2 is 1.88 bits per heavy atom. The predicted molar refractivity (Wildman–Crippen MR) is 68.1 cm³/mol. The highest BCUT2D eigenvalue weighted by molar-refractivity contribution is 5.45. The van der Waals surface area contributed by atoms with Crippen LogP contribution in [0.4, 0.5) is 0 Å². The molecular formula is C15H22O. The van der Waals surface area contributed by atoms with Gasteiger partial charge in [0.05, 0.1) is 0 Å². The van der Waals surface area contributed by atoms with Crippen molar-refractivity contribution in [1.82, 2.24) is 0 Å². The van der Waals surface area contributed by atoms with E-state index in [-0.39, 0.29) is 11.0 Å². The minimum Gasteiger partial charge on any atom is -0.486 e. The van der Waals surface area contributed by atoms with Crippen LogP contribution < -0.4 is 4.74 Å². The van der Waals surface area contributed by atoms with Crippen LogP contribution in [0.2, 0.25) is 0 Å². The van der Waals surface area contributed by atoms with Crippen LogP contribution in [0.1, 0.15) is 51.7 Å². The van der Waals surface area contributed by atoms with Crippen molar-refractivity contribution in [2.75, 3.05) is 0 Å². The fourth-order valence-electron chi connectivity index (χ4n) is 2.52. The molecule has 1 aliphatic heterocycles. The summed E-state index contributed by atoms with van der Waals surface area (Å²) in [5.74, 6) is 1.51. The monoisotopic (exact) mass is 218 g/mol. The maximum Gasteiger partial charge on any atom is 0.123 e. The Morgan fingerprint density at radius 1 is 1.25 bits per heavy atom. The second-order valence-corrected chi connectivity index (χ2v) is 6.22. The van der Waals surface area contributed by atoms with E-state index in [9.17, 15) is 0 Å². The van der Waals surface area contributed by atoms with Crippen LogP contribution in [0.3, 0.4) is 0 Å². The van der Waals surface area contributed by atoms with Crippen LogP contribution in [0.5, 0.6) is 5.75 Å². The number of rotatable bonds is 0. The average Bonchev–Trinajstić information content (AvgIpc) is 2.41. The second-order valence-electron chi connectivity index (χ2n) is 6.22. The van der Waals surface area contributed by atoms with Gasteiger partial charge in [0.1, 0.15) is 11.4 Å². The Labute approximate surface area is 98.8 Å². The minimum atomic E-state index is -0.108. The van der Waals surface area contributed by atoms with Crippen LogP contribution >= 0.6 is 0 Å². The molecule has 0 N–H and O–H groups in total. The van der Waals surface area contributed by atoms with Gasteiger partial charge in [-0.15, -0.1) is 0 Å². The summed E-state index contributed by atoms with van der Waals surface area (Å²) in [4.78, 5) is 0. The average molecular weight is 218 g/mol. The Morgan fingerprint density at radius 3 is 2.44 bits per heavy atom. The second kappa shape index (κ2) is 3.26. The lowest BCUT2D eigenvalue weighted by atomic mass is 9.70. The number of hydrogen-bond acceptors (Lipinski definition) is 1. The fraction of sp³-hybridized carbons (Fsp3) is 0.600. The first-order chi connectivity index (χ1) is 7.25. The summed E-state index contributed by atoms with van der Waals surface area (Å²) in [6.45, 7) is 13.4. The molecule has 0 fully saturated rings. The predicted octanol–water partition coefficient (Wildman–Crippen LogP) is 4.30. The quantitative estimate of drug-likeness (QED) is 0.631. The van der Waals surface area contributed by atoms with E-state index in [0.717, 1.165) is 5.75 Å². The van der Waals surface area contributed by atoms with E-state index in [1.165, 1.54) is 11.1 Å². The standard InChI is InChI=1S/C15H22O/c1-10-7-8-13-12(9-10)11(2)15(6,16-13)14(3,4)5/h7-9,11H,1-6H3. The molecule has 1 nitrogen and oxygen atoms in total. The van der Waals surface area contributed by atoms with E-state index < -0.39 is 0 Å². The Balaban J connectivity index is 2.49. The summed E-state index contributed by atoms with van der Waals surface area (Å²) in [5, 5.41) is 0. The van der Waals surface area contributed by atoms with Gasteiger partial charge in [0.15, 0.2) is 0 Å². The summed E-state index contributed by atoms with van der Waals surface area (Å²) in [6, 6.07) is 6.50. The number of hydrogen-bond donors (Lipinski definition) is 0. The molecule has 0 saturated heterocycles. The molecule has 1 aliphatic rings. The summed E-state index contributed by atoms with van der Waals surface area (Å²) in [5.41, 5.74) is 2.70. The molecule has 0 spiro atoms. The highest BCUT2D eigenvalue weighted by Gasteiger charge is 2.50. The van der Waals surface area contributed by atoms with Crippen molar-refractivity contribution >= 4 is 0 Å². The van der Waals surface area contributed by atoms with Crippen LogP contribution in [-0.4, -0.2) is 5.60 Å². The van der Waals surface area contributed by atoms with E-state index in [0.29, 0.717) is 5.92 Å². The number of ether oxygens (including phenoxy) is 1. The molecule has 0 radical (unpaired) electrons. The van der Waals surface area contributed by atoms with Crippen molar-refractivity contribution in [3.63, 3.8) is 0 Å². The van der Waals surface area contributed by atoms with Crippen molar-refractivity contribution in [3.05, 3.63) is 29.3 Å². The summed E-state index contributed by atoms with van der Waals surface area (Å²) in [6.07, 6.45) is 0. The summed E-state index contributed by atoms with van der Waals surface area (Å²) in [7, 11) is 0. The molecule has 16 heavy (non-hydrogen) atoms.